The van der Waals surface area contributed by atoms with Gasteiger partial charge in [0.25, 0.3) is 0 Å². The van der Waals surface area contributed by atoms with Gasteiger partial charge in [0, 0.05) is 0 Å². The fraction of sp³-hybridized carbons (Fsp3) is 0.778. The Morgan fingerprint density at radius 1 is 1.58 bits per heavy atom. The van der Waals surface area contributed by atoms with Crippen molar-refractivity contribution in [2.24, 2.45) is 5.92 Å². The first-order valence-corrected chi connectivity index (χ1v) is 4.86. The number of aliphatic hydroxyl groups is 1. The topological polar surface area (TPSA) is 20.2 Å². The minimum absolute atomic E-state index is 0.579. The smallest absolute Gasteiger partial charge is 0.0861 e. The predicted molar refractivity (Wildman–Crippen MR) is 57.6 cm³/mol. The Morgan fingerprint density at radius 3 is 2.42 bits per heavy atom. The Bertz CT molecular complexity index is 177. The predicted octanol–water partition coefficient (Wildman–Crippen LogP) is 0.497. The van der Waals surface area contributed by atoms with Crippen LogP contribution < -0.4 is 0 Å². The van der Waals surface area contributed by atoms with Crippen molar-refractivity contribution in [2.75, 3.05) is 0 Å². The molecule has 3 heteroatoms. The molecule has 12 heavy (non-hydrogen) atoms. The molecule has 1 fully saturated rings. The van der Waals surface area contributed by atoms with Gasteiger partial charge < -0.3 is 5.11 Å². The molecule has 0 aromatic heterocycles. The third-order valence-electron chi connectivity index (χ3n) is 3.09. The van der Waals surface area contributed by atoms with Crippen LogP contribution >= 0.6 is 0 Å². The first-order valence-electron chi connectivity index (χ1n) is 4.86. The molecule has 0 radical (unpaired) electrons. The van der Waals surface area contributed by atoms with E-state index in [-0.39, 0.29) is 0 Å². The normalized spacial score (nSPS) is 29.2. The average molecular weight is 164 g/mol. The summed E-state index contributed by atoms with van der Waals surface area (Å²) in [5.74, 6) is 1.46. The SMILES string of the molecule is BBC1CC(C(=C)C(C)(C)O)C1. The fourth-order valence-corrected chi connectivity index (χ4v) is 1.85. The summed E-state index contributed by atoms with van der Waals surface area (Å²) in [6.45, 7) is 7.62. The summed E-state index contributed by atoms with van der Waals surface area (Å²) < 4.78 is 0. The van der Waals surface area contributed by atoms with Crippen LogP contribution in [0.1, 0.15) is 26.7 Å². The lowest BCUT2D eigenvalue weighted by molar-refractivity contribution is 0.0978. The summed E-state index contributed by atoms with van der Waals surface area (Å²) in [5.41, 5.74) is 0.343. The van der Waals surface area contributed by atoms with Crippen LogP contribution in [-0.4, -0.2) is 25.6 Å². The summed E-state index contributed by atoms with van der Waals surface area (Å²) in [6.07, 6.45) is 2.47. The number of hydrogen-bond donors (Lipinski definition) is 1. The highest BCUT2D eigenvalue weighted by molar-refractivity contribution is 6.90. The van der Waals surface area contributed by atoms with Crippen LogP contribution in [0.2, 0.25) is 5.82 Å². The van der Waals surface area contributed by atoms with Crippen LogP contribution in [0.5, 0.6) is 0 Å². The molecule has 1 aliphatic rings. The Kier molecular flexibility index (Phi) is 2.72. The highest BCUT2D eigenvalue weighted by Gasteiger charge is 2.34. The molecule has 0 unspecified atom stereocenters. The molecule has 1 saturated carbocycles. The lowest BCUT2D eigenvalue weighted by atomic mass is 9.40. The van der Waals surface area contributed by atoms with Gasteiger partial charge in [0.2, 0.25) is 0 Å². The summed E-state index contributed by atoms with van der Waals surface area (Å²) in [6, 6.07) is 0. The monoisotopic (exact) mass is 164 g/mol. The zero-order valence-electron chi connectivity index (χ0n) is 8.43. The second-order valence-corrected chi connectivity index (χ2v) is 4.53. The van der Waals surface area contributed by atoms with Gasteiger partial charge in [0.05, 0.1) is 20.5 Å². The van der Waals surface area contributed by atoms with E-state index in [1.807, 2.05) is 13.8 Å². The van der Waals surface area contributed by atoms with Crippen molar-refractivity contribution < 1.29 is 5.11 Å². The largest absolute Gasteiger partial charge is 0.386 e. The molecule has 0 amide bonds. The van der Waals surface area contributed by atoms with Gasteiger partial charge in [0.15, 0.2) is 0 Å². The number of hydrogen-bond acceptors (Lipinski definition) is 1. The summed E-state index contributed by atoms with van der Waals surface area (Å²) in [5, 5.41) is 9.68. The van der Waals surface area contributed by atoms with Crippen molar-refractivity contribution in [3.05, 3.63) is 12.2 Å². The standard InChI is InChI=1S/C9H18B2O/c1-6(9(2,3)12)7-4-8(5-7)11-10/h7-8,11-12H,1,4-5,10H2,2-3H3. The zero-order valence-corrected chi connectivity index (χ0v) is 8.43. The molecule has 0 saturated heterocycles. The van der Waals surface area contributed by atoms with Crippen LogP contribution in [0.3, 0.4) is 0 Å². The zero-order chi connectivity index (χ0) is 9.35. The van der Waals surface area contributed by atoms with Gasteiger partial charge in [0.1, 0.15) is 0 Å². The quantitative estimate of drug-likeness (QED) is 0.475. The van der Waals surface area contributed by atoms with E-state index >= 15 is 0 Å². The number of rotatable bonds is 3. The second kappa shape index (κ2) is 3.29. The van der Waals surface area contributed by atoms with E-state index in [1.54, 1.807) is 0 Å². The molecule has 1 aliphatic carbocycles. The summed E-state index contributed by atoms with van der Waals surface area (Å²) >= 11 is 0. The van der Waals surface area contributed by atoms with Crippen molar-refractivity contribution in [3.8, 4) is 0 Å². The first-order chi connectivity index (χ1) is 5.45. The van der Waals surface area contributed by atoms with E-state index in [2.05, 4.69) is 14.3 Å². The lowest BCUT2D eigenvalue weighted by Crippen LogP contribution is -2.33. The van der Waals surface area contributed by atoms with Crippen molar-refractivity contribution in [2.45, 2.75) is 38.1 Å². The van der Waals surface area contributed by atoms with Gasteiger partial charge in [-0.15, -0.1) is 0 Å². The van der Waals surface area contributed by atoms with Gasteiger partial charge in [-0.05, 0) is 25.3 Å². The van der Waals surface area contributed by atoms with E-state index < -0.39 is 5.60 Å². The maximum atomic E-state index is 9.68. The van der Waals surface area contributed by atoms with Gasteiger partial charge in [-0.3, -0.25) is 0 Å². The second-order valence-electron chi connectivity index (χ2n) is 4.53. The molecule has 0 spiro atoms. The molecule has 0 aromatic rings. The molecule has 0 bridgehead atoms. The summed E-state index contributed by atoms with van der Waals surface area (Å²) in [4.78, 5) is 0. The molecule has 1 nitrogen and oxygen atoms in total. The van der Waals surface area contributed by atoms with Crippen molar-refractivity contribution in [3.63, 3.8) is 0 Å². The van der Waals surface area contributed by atoms with Gasteiger partial charge in [-0.2, -0.15) is 0 Å². The van der Waals surface area contributed by atoms with Crippen molar-refractivity contribution >= 4 is 14.9 Å². The van der Waals surface area contributed by atoms with Gasteiger partial charge in [-0.25, -0.2) is 0 Å². The molecule has 0 aliphatic heterocycles. The minimum Gasteiger partial charge on any atom is -0.386 e. The van der Waals surface area contributed by atoms with E-state index in [0.29, 0.717) is 5.92 Å². The Balaban J connectivity index is 2.39. The van der Waals surface area contributed by atoms with E-state index in [1.165, 1.54) is 20.0 Å². The minimum atomic E-state index is -0.677. The molecule has 66 valence electrons. The molecular weight excluding hydrogens is 146 g/mol. The first kappa shape index (κ1) is 9.91. The van der Waals surface area contributed by atoms with E-state index in [4.69, 9.17) is 0 Å². The molecule has 0 aromatic carbocycles. The van der Waals surface area contributed by atoms with E-state index in [9.17, 15) is 5.11 Å². The highest BCUT2D eigenvalue weighted by atomic mass is 16.3. The highest BCUT2D eigenvalue weighted by Crippen LogP contribution is 2.44. The van der Waals surface area contributed by atoms with Crippen LogP contribution in [-0.2, 0) is 0 Å². The maximum Gasteiger partial charge on any atom is 0.0861 e. The molecule has 0 heterocycles. The third kappa shape index (κ3) is 1.95. The maximum absolute atomic E-state index is 9.68. The van der Waals surface area contributed by atoms with Gasteiger partial charge in [-0.1, -0.05) is 25.2 Å². The Hall–Kier alpha value is -0.170. The molecular formula is C9H18B2O. The van der Waals surface area contributed by atoms with Crippen LogP contribution in [0.15, 0.2) is 12.2 Å². The molecule has 0 atom stereocenters. The summed E-state index contributed by atoms with van der Waals surface area (Å²) in [7, 11) is 3.50. The fourth-order valence-electron chi connectivity index (χ4n) is 1.85. The lowest BCUT2D eigenvalue weighted by Gasteiger charge is -2.40. The van der Waals surface area contributed by atoms with Crippen molar-refractivity contribution in [1.29, 1.82) is 0 Å². The van der Waals surface area contributed by atoms with Crippen LogP contribution in [0, 0.1) is 5.92 Å². The Labute approximate surface area is 76.9 Å². The molecule has 1 N–H and O–H groups in total. The van der Waals surface area contributed by atoms with Gasteiger partial charge >= 0.3 is 0 Å². The van der Waals surface area contributed by atoms with Crippen LogP contribution in [0.25, 0.3) is 0 Å². The Morgan fingerprint density at radius 2 is 2.08 bits per heavy atom. The molecule has 1 rings (SSSR count). The third-order valence-corrected chi connectivity index (χ3v) is 3.09. The average Bonchev–Trinajstić information content (AvgIpc) is 1.83. The van der Waals surface area contributed by atoms with E-state index in [0.717, 1.165) is 11.4 Å². The van der Waals surface area contributed by atoms with Crippen molar-refractivity contribution in [1.82, 2.24) is 0 Å². The van der Waals surface area contributed by atoms with Crippen LogP contribution in [0.4, 0.5) is 0 Å².